The Hall–Kier alpha value is -2.22. The quantitative estimate of drug-likeness (QED) is 0.797. The Labute approximate surface area is 133 Å². The molecule has 118 valence electrons. The molecule has 0 fully saturated rings. The molecular weight excluding hydrogens is 272 g/mol. The van der Waals surface area contributed by atoms with E-state index >= 15 is 0 Å². The summed E-state index contributed by atoms with van der Waals surface area (Å²) in [6, 6.07) is 7.56. The summed E-state index contributed by atoms with van der Waals surface area (Å²) in [5.41, 5.74) is 6.50. The van der Waals surface area contributed by atoms with Gasteiger partial charge in [0.25, 0.3) is 0 Å². The molecular formula is C20H26O2. The molecule has 2 rings (SSSR count). The number of hydrogen-bond donors (Lipinski definition) is 2. The lowest BCUT2D eigenvalue weighted by Crippen LogP contribution is -1.87. The zero-order valence-electron chi connectivity index (χ0n) is 14.2. The van der Waals surface area contributed by atoms with Gasteiger partial charge in [0, 0.05) is 0 Å². The third-order valence-corrected chi connectivity index (χ3v) is 3.84. The SMILES string of the molecule is C=Cc1cc(C)c(O)cc1C.CCc1cc(C)c(O)cc1C. The fourth-order valence-corrected chi connectivity index (χ4v) is 2.28. The molecule has 0 amide bonds. The molecule has 2 aromatic rings. The molecule has 0 saturated heterocycles. The van der Waals surface area contributed by atoms with Crippen LogP contribution in [0.5, 0.6) is 11.5 Å². The minimum atomic E-state index is 0.355. The molecule has 0 saturated carbocycles. The third-order valence-electron chi connectivity index (χ3n) is 3.84. The van der Waals surface area contributed by atoms with Gasteiger partial charge in [-0.3, -0.25) is 0 Å². The summed E-state index contributed by atoms with van der Waals surface area (Å²) in [6.07, 6.45) is 2.83. The average molecular weight is 298 g/mol. The van der Waals surface area contributed by atoms with Gasteiger partial charge in [-0.1, -0.05) is 25.6 Å². The molecule has 0 aliphatic carbocycles. The molecule has 0 spiro atoms. The molecule has 0 radical (unpaired) electrons. The van der Waals surface area contributed by atoms with E-state index in [-0.39, 0.29) is 0 Å². The van der Waals surface area contributed by atoms with Gasteiger partial charge < -0.3 is 10.2 Å². The summed E-state index contributed by atoms with van der Waals surface area (Å²) >= 11 is 0. The molecule has 22 heavy (non-hydrogen) atoms. The molecule has 2 nitrogen and oxygen atoms in total. The largest absolute Gasteiger partial charge is 0.508 e. The summed E-state index contributed by atoms with van der Waals surface area (Å²) in [7, 11) is 0. The molecule has 0 aliphatic rings. The van der Waals surface area contributed by atoms with Crippen LogP contribution in [0.4, 0.5) is 0 Å². The highest BCUT2D eigenvalue weighted by Crippen LogP contribution is 2.22. The third kappa shape index (κ3) is 4.39. The normalized spacial score (nSPS) is 9.86. The van der Waals surface area contributed by atoms with Gasteiger partial charge in [0.2, 0.25) is 0 Å². The topological polar surface area (TPSA) is 40.5 Å². The number of rotatable bonds is 2. The van der Waals surface area contributed by atoms with Crippen molar-refractivity contribution in [1.29, 1.82) is 0 Å². The molecule has 2 aromatic carbocycles. The van der Waals surface area contributed by atoms with Crippen molar-refractivity contribution in [3.05, 3.63) is 64.2 Å². The summed E-state index contributed by atoms with van der Waals surface area (Å²) in [5.74, 6) is 0.757. The maximum atomic E-state index is 9.32. The molecule has 0 atom stereocenters. The van der Waals surface area contributed by atoms with E-state index in [9.17, 15) is 10.2 Å². The zero-order valence-corrected chi connectivity index (χ0v) is 14.2. The van der Waals surface area contributed by atoms with E-state index in [4.69, 9.17) is 0 Å². The van der Waals surface area contributed by atoms with Crippen molar-refractivity contribution in [2.45, 2.75) is 41.0 Å². The van der Waals surface area contributed by atoms with Crippen molar-refractivity contribution in [2.75, 3.05) is 0 Å². The van der Waals surface area contributed by atoms with E-state index in [0.29, 0.717) is 11.5 Å². The van der Waals surface area contributed by atoms with Gasteiger partial charge in [0.15, 0.2) is 0 Å². The predicted molar refractivity (Wildman–Crippen MR) is 94.6 cm³/mol. The van der Waals surface area contributed by atoms with Crippen LogP contribution in [0.3, 0.4) is 0 Å². The van der Waals surface area contributed by atoms with Gasteiger partial charge in [-0.05, 0) is 85.7 Å². The minimum absolute atomic E-state index is 0.355. The molecule has 0 aromatic heterocycles. The van der Waals surface area contributed by atoms with Crippen LogP contribution in [0, 0.1) is 27.7 Å². The zero-order chi connectivity index (χ0) is 16.9. The van der Waals surface area contributed by atoms with Crippen LogP contribution >= 0.6 is 0 Å². The number of benzene rings is 2. The lowest BCUT2D eigenvalue weighted by atomic mass is 10.0. The number of aromatic hydroxyl groups is 2. The Balaban J connectivity index is 0.000000220. The summed E-state index contributed by atoms with van der Waals surface area (Å²) in [6.45, 7) is 13.6. The van der Waals surface area contributed by atoms with Crippen LogP contribution in [0.15, 0.2) is 30.8 Å². The van der Waals surface area contributed by atoms with Gasteiger partial charge in [-0.2, -0.15) is 0 Å². The number of aryl methyl sites for hydroxylation is 5. The van der Waals surface area contributed by atoms with Gasteiger partial charge in [0.1, 0.15) is 11.5 Å². The van der Waals surface area contributed by atoms with Gasteiger partial charge >= 0.3 is 0 Å². The standard InChI is InChI=1S/C10H14O.C10H12O/c2*1-4-9-5-8(3)10(11)6-7(9)2/h5-6,11H,4H2,1-3H3;4-6,11H,1H2,2-3H3. The fourth-order valence-electron chi connectivity index (χ4n) is 2.28. The summed E-state index contributed by atoms with van der Waals surface area (Å²) in [4.78, 5) is 0. The number of hydrogen-bond acceptors (Lipinski definition) is 2. The maximum Gasteiger partial charge on any atom is 0.118 e. The smallest absolute Gasteiger partial charge is 0.118 e. The highest BCUT2D eigenvalue weighted by Gasteiger charge is 2.00. The van der Waals surface area contributed by atoms with E-state index < -0.39 is 0 Å². The Morgan fingerprint density at radius 3 is 1.82 bits per heavy atom. The van der Waals surface area contributed by atoms with E-state index in [1.54, 1.807) is 12.1 Å². The molecule has 0 aliphatic heterocycles. The highest BCUT2D eigenvalue weighted by molar-refractivity contribution is 5.55. The van der Waals surface area contributed by atoms with Crippen LogP contribution < -0.4 is 0 Å². The van der Waals surface area contributed by atoms with E-state index in [0.717, 1.165) is 28.7 Å². The second-order valence-electron chi connectivity index (χ2n) is 5.62. The first kappa shape index (κ1) is 17.8. The second-order valence-corrected chi connectivity index (χ2v) is 5.62. The van der Waals surface area contributed by atoms with Crippen LogP contribution in [0.25, 0.3) is 6.08 Å². The average Bonchev–Trinajstić information content (AvgIpc) is 2.47. The molecule has 0 bridgehead atoms. The lowest BCUT2D eigenvalue weighted by molar-refractivity contribution is 0.470. The van der Waals surface area contributed by atoms with Crippen molar-refractivity contribution in [3.8, 4) is 11.5 Å². The first-order valence-corrected chi connectivity index (χ1v) is 7.51. The van der Waals surface area contributed by atoms with E-state index in [1.807, 2.05) is 45.9 Å². The van der Waals surface area contributed by atoms with Crippen molar-refractivity contribution in [3.63, 3.8) is 0 Å². The Bertz CT molecular complexity index is 670. The lowest BCUT2D eigenvalue weighted by Gasteiger charge is -2.05. The number of phenolic OH excluding ortho intramolecular Hbond substituents is 2. The van der Waals surface area contributed by atoms with Crippen molar-refractivity contribution in [2.24, 2.45) is 0 Å². The van der Waals surface area contributed by atoms with E-state index in [2.05, 4.69) is 13.5 Å². The van der Waals surface area contributed by atoms with Gasteiger partial charge in [-0.15, -0.1) is 0 Å². The molecule has 2 heteroatoms. The monoisotopic (exact) mass is 298 g/mol. The van der Waals surface area contributed by atoms with Crippen LogP contribution in [0.2, 0.25) is 0 Å². The second kappa shape index (κ2) is 7.69. The Kier molecular flexibility index (Phi) is 6.24. The number of phenols is 2. The van der Waals surface area contributed by atoms with E-state index in [1.165, 1.54) is 11.1 Å². The Morgan fingerprint density at radius 1 is 0.818 bits per heavy atom. The van der Waals surface area contributed by atoms with Crippen molar-refractivity contribution < 1.29 is 10.2 Å². The molecule has 2 N–H and O–H groups in total. The van der Waals surface area contributed by atoms with Crippen LogP contribution in [0.1, 0.15) is 40.3 Å². The van der Waals surface area contributed by atoms with Crippen LogP contribution in [-0.4, -0.2) is 10.2 Å². The van der Waals surface area contributed by atoms with Gasteiger partial charge in [0.05, 0.1) is 0 Å². The van der Waals surface area contributed by atoms with Gasteiger partial charge in [-0.25, -0.2) is 0 Å². The first-order chi connectivity index (χ1) is 10.3. The highest BCUT2D eigenvalue weighted by atomic mass is 16.3. The maximum absolute atomic E-state index is 9.32. The predicted octanol–water partition coefficient (Wildman–Crippen LogP) is 5.22. The summed E-state index contributed by atoms with van der Waals surface area (Å²) in [5, 5.41) is 18.6. The minimum Gasteiger partial charge on any atom is -0.508 e. The van der Waals surface area contributed by atoms with Crippen molar-refractivity contribution in [1.82, 2.24) is 0 Å². The van der Waals surface area contributed by atoms with Crippen LogP contribution in [-0.2, 0) is 6.42 Å². The Morgan fingerprint density at radius 2 is 1.32 bits per heavy atom. The van der Waals surface area contributed by atoms with Crippen molar-refractivity contribution >= 4 is 6.08 Å². The fraction of sp³-hybridized carbons (Fsp3) is 0.300. The summed E-state index contributed by atoms with van der Waals surface area (Å²) < 4.78 is 0. The molecule has 0 unspecified atom stereocenters. The molecule has 0 heterocycles. The first-order valence-electron chi connectivity index (χ1n) is 7.51.